The molecule has 0 aliphatic heterocycles. The Bertz CT molecular complexity index is 586. The van der Waals surface area contributed by atoms with E-state index in [0.717, 1.165) is 0 Å². The van der Waals surface area contributed by atoms with Crippen molar-refractivity contribution in [3.05, 3.63) is 59.7 Å². The predicted octanol–water partition coefficient (Wildman–Crippen LogP) is 9.09. The van der Waals surface area contributed by atoms with Crippen molar-refractivity contribution in [2.75, 3.05) is 0 Å². The van der Waals surface area contributed by atoms with E-state index in [1.54, 1.807) is 0 Å². The van der Waals surface area contributed by atoms with Crippen LogP contribution in [0.1, 0.15) is 73.2 Å². The number of unbranched alkanes of at least 4 members (excludes halogenated alkanes) is 2. The molecule has 0 spiro atoms. The normalized spacial score (nSPS) is 13.6. The van der Waals surface area contributed by atoms with Crippen molar-refractivity contribution < 1.29 is 0 Å². The molecule has 25 heavy (non-hydrogen) atoms. The monoisotopic (exact) mass is 482 g/mol. The number of rotatable bonds is 10. The van der Waals surface area contributed by atoms with Crippen LogP contribution in [0.4, 0.5) is 0 Å². The van der Waals surface area contributed by atoms with Crippen LogP contribution in [0.3, 0.4) is 0 Å². The summed E-state index contributed by atoms with van der Waals surface area (Å²) in [7, 11) is 0. The van der Waals surface area contributed by atoms with Gasteiger partial charge in [0, 0.05) is 19.4 Å². The fraction of sp³-hybridized carbons (Fsp3) is 0.455. The molecular weight excluding hydrogens is 456 g/mol. The Morgan fingerprint density at radius 2 is 1.20 bits per heavy atom. The van der Waals surface area contributed by atoms with Crippen molar-refractivity contribution in [2.24, 2.45) is 0 Å². The average Bonchev–Trinajstić information content (AvgIpc) is 2.64. The van der Waals surface area contributed by atoms with Crippen LogP contribution in [0.15, 0.2) is 58.3 Å². The first kappa shape index (κ1) is 21.1. The van der Waals surface area contributed by atoms with Gasteiger partial charge in [0.05, 0.1) is 0 Å². The van der Waals surface area contributed by atoms with Gasteiger partial charge in [-0.15, -0.1) is 0 Å². The molecule has 0 bridgehead atoms. The van der Waals surface area contributed by atoms with Gasteiger partial charge in [0.25, 0.3) is 0 Å². The van der Waals surface area contributed by atoms with Crippen LogP contribution in [0.25, 0.3) is 0 Å². The van der Waals surface area contributed by atoms with Crippen molar-refractivity contribution in [3.63, 3.8) is 0 Å². The largest absolute Gasteiger partial charge is 0.0901 e. The topological polar surface area (TPSA) is 0 Å². The van der Waals surface area contributed by atoms with Crippen molar-refractivity contribution in [1.29, 1.82) is 0 Å². The zero-order valence-corrected chi connectivity index (χ0v) is 19.2. The van der Waals surface area contributed by atoms with Crippen molar-refractivity contribution in [2.45, 2.75) is 71.8 Å². The molecule has 0 aliphatic carbocycles. The molecule has 0 nitrogen and oxygen atoms in total. The van der Waals surface area contributed by atoms with E-state index in [4.69, 9.17) is 0 Å². The molecule has 0 saturated heterocycles. The Labute approximate surface area is 174 Å². The summed E-state index contributed by atoms with van der Waals surface area (Å²) >= 11 is 9.55. The summed E-state index contributed by atoms with van der Waals surface area (Å²) in [5, 5.41) is 0. The highest BCUT2D eigenvalue weighted by Crippen LogP contribution is 2.36. The SMILES string of the molecule is CCCCC(Br)c1cccc(Sc2cccc(C(Br)CCCC)c2)c1. The lowest BCUT2D eigenvalue weighted by Crippen LogP contribution is -1.91. The lowest BCUT2D eigenvalue weighted by molar-refractivity contribution is 0.712. The molecule has 2 aromatic carbocycles. The van der Waals surface area contributed by atoms with Gasteiger partial charge in [0.2, 0.25) is 0 Å². The average molecular weight is 484 g/mol. The first-order chi connectivity index (χ1) is 12.1. The summed E-state index contributed by atoms with van der Waals surface area (Å²) in [4.78, 5) is 3.55. The first-order valence-electron chi connectivity index (χ1n) is 9.30. The molecule has 0 aromatic heterocycles. The minimum absolute atomic E-state index is 0.459. The molecule has 0 heterocycles. The van der Waals surface area contributed by atoms with Crippen molar-refractivity contribution >= 4 is 43.6 Å². The van der Waals surface area contributed by atoms with Gasteiger partial charge in [-0.3, -0.25) is 0 Å². The Hall–Kier alpha value is -0.250. The van der Waals surface area contributed by atoms with E-state index in [-0.39, 0.29) is 0 Å². The van der Waals surface area contributed by atoms with Crippen LogP contribution in [0.5, 0.6) is 0 Å². The van der Waals surface area contributed by atoms with Gasteiger partial charge in [-0.05, 0) is 48.2 Å². The predicted molar refractivity (Wildman–Crippen MR) is 119 cm³/mol. The van der Waals surface area contributed by atoms with E-state index in [0.29, 0.717) is 9.65 Å². The maximum Gasteiger partial charge on any atom is 0.0395 e. The van der Waals surface area contributed by atoms with E-state index < -0.39 is 0 Å². The molecule has 0 aliphatic rings. The summed E-state index contributed by atoms with van der Waals surface area (Å²) in [5.41, 5.74) is 2.77. The van der Waals surface area contributed by atoms with E-state index in [9.17, 15) is 0 Å². The second-order valence-corrected chi connectivity index (χ2v) is 9.82. The van der Waals surface area contributed by atoms with E-state index in [1.807, 2.05) is 11.8 Å². The maximum absolute atomic E-state index is 3.85. The van der Waals surface area contributed by atoms with Gasteiger partial charge in [-0.1, -0.05) is 107 Å². The van der Waals surface area contributed by atoms with Gasteiger partial charge in [0.15, 0.2) is 0 Å². The van der Waals surface area contributed by atoms with Crippen LogP contribution >= 0.6 is 43.6 Å². The fourth-order valence-corrected chi connectivity index (χ4v) is 4.95. The van der Waals surface area contributed by atoms with Crippen molar-refractivity contribution in [1.82, 2.24) is 0 Å². The summed E-state index contributed by atoms with van der Waals surface area (Å²) in [6, 6.07) is 17.9. The second kappa shape index (κ2) is 11.5. The number of benzene rings is 2. The molecule has 2 aromatic rings. The molecule has 0 N–H and O–H groups in total. The highest BCUT2D eigenvalue weighted by Gasteiger charge is 2.10. The van der Waals surface area contributed by atoms with Gasteiger partial charge in [-0.25, -0.2) is 0 Å². The van der Waals surface area contributed by atoms with Gasteiger partial charge >= 0.3 is 0 Å². The summed E-state index contributed by atoms with van der Waals surface area (Å²) in [6.07, 6.45) is 7.41. The minimum atomic E-state index is 0.459. The quantitative estimate of drug-likeness (QED) is 0.303. The molecule has 0 radical (unpaired) electrons. The summed E-state index contributed by atoms with van der Waals surface area (Å²) < 4.78 is 0. The van der Waals surface area contributed by atoms with Crippen LogP contribution in [0, 0.1) is 0 Å². The summed E-state index contributed by atoms with van der Waals surface area (Å²) in [6.45, 7) is 4.49. The van der Waals surface area contributed by atoms with E-state index in [1.165, 1.54) is 59.4 Å². The smallest absolute Gasteiger partial charge is 0.0395 e. The Morgan fingerprint density at radius 1 is 0.760 bits per heavy atom. The molecule has 0 saturated carbocycles. The molecule has 2 unspecified atom stereocenters. The molecular formula is C22H28Br2S. The van der Waals surface area contributed by atoms with Gasteiger partial charge in [-0.2, -0.15) is 0 Å². The van der Waals surface area contributed by atoms with Crippen LogP contribution in [0.2, 0.25) is 0 Å². The first-order valence-corrected chi connectivity index (χ1v) is 11.9. The van der Waals surface area contributed by atoms with E-state index in [2.05, 4.69) is 94.2 Å². The number of hydrogen-bond acceptors (Lipinski definition) is 1. The Kier molecular flexibility index (Phi) is 9.65. The Balaban J connectivity index is 2.06. The molecule has 3 heteroatoms. The number of hydrogen-bond donors (Lipinski definition) is 0. The highest BCUT2D eigenvalue weighted by atomic mass is 79.9. The third kappa shape index (κ3) is 7.11. The lowest BCUT2D eigenvalue weighted by Gasteiger charge is -2.13. The van der Waals surface area contributed by atoms with Crippen LogP contribution in [-0.4, -0.2) is 0 Å². The molecule has 136 valence electrons. The standard InChI is InChI=1S/C22H28Br2S/c1-3-5-13-21(23)17-9-7-11-19(15-17)25-20-12-8-10-18(16-20)22(24)14-6-4-2/h7-12,15-16,21-22H,3-6,13-14H2,1-2H3. The molecule has 2 atom stereocenters. The summed E-state index contributed by atoms with van der Waals surface area (Å²) in [5.74, 6) is 0. The highest BCUT2D eigenvalue weighted by molar-refractivity contribution is 9.09. The molecule has 0 amide bonds. The van der Waals surface area contributed by atoms with Gasteiger partial charge in [0.1, 0.15) is 0 Å². The number of alkyl halides is 2. The molecule has 2 rings (SSSR count). The fourth-order valence-electron chi connectivity index (χ4n) is 2.78. The number of halogens is 2. The third-order valence-corrected chi connectivity index (χ3v) is 7.25. The zero-order chi connectivity index (χ0) is 18.1. The second-order valence-electron chi connectivity index (χ2n) is 6.47. The van der Waals surface area contributed by atoms with Crippen LogP contribution in [-0.2, 0) is 0 Å². The molecule has 0 fully saturated rings. The minimum Gasteiger partial charge on any atom is -0.0901 e. The maximum atomic E-state index is 3.85. The van der Waals surface area contributed by atoms with Gasteiger partial charge < -0.3 is 0 Å². The van der Waals surface area contributed by atoms with E-state index >= 15 is 0 Å². The third-order valence-electron chi connectivity index (χ3n) is 4.30. The van der Waals surface area contributed by atoms with Crippen LogP contribution < -0.4 is 0 Å². The zero-order valence-electron chi connectivity index (χ0n) is 15.2. The van der Waals surface area contributed by atoms with Crippen molar-refractivity contribution in [3.8, 4) is 0 Å². The Morgan fingerprint density at radius 3 is 1.60 bits per heavy atom. The lowest BCUT2D eigenvalue weighted by atomic mass is 10.1.